The van der Waals surface area contributed by atoms with Gasteiger partial charge >= 0.3 is 0 Å². The van der Waals surface area contributed by atoms with Gasteiger partial charge in [-0.15, -0.1) is 0 Å². The van der Waals surface area contributed by atoms with Crippen LogP contribution in [0, 0.1) is 13.8 Å². The predicted molar refractivity (Wildman–Crippen MR) is 86.0 cm³/mol. The van der Waals surface area contributed by atoms with Gasteiger partial charge in [-0.25, -0.2) is 9.50 Å². The Bertz CT molecular complexity index is 794. The summed E-state index contributed by atoms with van der Waals surface area (Å²) in [5.74, 6) is 0. The van der Waals surface area contributed by atoms with E-state index in [0.717, 1.165) is 33.3 Å². The molecule has 2 heterocycles. The summed E-state index contributed by atoms with van der Waals surface area (Å²) >= 11 is 6.02. The standard InChI is InChI=1S/C16H17ClN4/c1-10-7-16-18-9-15(12(3)21(16)20-10)11(2)19-14-6-4-5-13(17)8-14/h4-9,11,19H,1-3H3. The molecule has 0 amide bonds. The molecule has 0 aliphatic carbocycles. The number of aryl methyl sites for hydroxylation is 2. The average molecular weight is 301 g/mol. The Hall–Kier alpha value is -2.07. The number of hydrogen-bond donors (Lipinski definition) is 1. The number of fused-ring (bicyclic) bond motifs is 1. The molecule has 0 aliphatic heterocycles. The van der Waals surface area contributed by atoms with Crippen molar-refractivity contribution in [3.05, 3.63) is 58.5 Å². The molecule has 1 atom stereocenters. The van der Waals surface area contributed by atoms with Crippen molar-refractivity contribution in [1.29, 1.82) is 0 Å². The molecule has 21 heavy (non-hydrogen) atoms. The van der Waals surface area contributed by atoms with Crippen molar-refractivity contribution >= 4 is 22.9 Å². The molecule has 0 saturated carbocycles. The molecule has 0 bridgehead atoms. The SMILES string of the molecule is Cc1cc2ncc(C(C)Nc3cccc(Cl)c3)c(C)n2n1. The van der Waals surface area contributed by atoms with Gasteiger partial charge in [0.1, 0.15) is 0 Å². The first kappa shape index (κ1) is 13.9. The van der Waals surface area contributed by atoms with Crippen molar-refractivity contribution in [2.45, 2.75) is 26.8 Å². The molecule has 2 aromatic heterocycles. The predicted octanol–water partition coefficient (Wildman–Crippen LogP) is 4.17. The Morgan fingerprint density at radius 1 is 1.24 bits per heavy atom. The summed E-state index contributed by atoms with van der Waals surface area (Å²) in [4.78, 5) is 4.48. The third-order valence-electron chi connectivity index (χ3n) is 3.56. The van der Waals surface area contributed by atoms with Crippen LogP contribution in [0.2, 0.25) is 5.02 Å². The van der Waals surface area contributed by atoms with E-state index in [9.17, 15) is 0 Å². The summed E-state index contributed by atoms with van der Waals surface area (Å²) in [6, 6.07) is 9.81. The van der Waals surface area contributed by atoms with Gasteiger partial charge in [0.25, 0.3) is 0 Å². The van der Waals surface area contributed by atoms with E-state index in [1.165, 1.54) is 0 Å². The first-order valence-electron chi connectivity index (χ1n) is 6.88. The Balaban J connectivity index is 1.94. The van der Waals surface area contributed by atoms with Crippen molar-refractivity contribution in [2.75, 3.05) is 5.32 Å². The highest BCUT2D eigenvalue weighted by atomic mass is 35.5. The fraction of sp³-hybridized carbons (Fsp3) is 0.250. The number of hydrogen-bond acceptors (Lipinski definition) is 3. The van der Waals surface area contributed by atoms with Crippen molar-refractivity contribution < 1.29 is 0 Å². The van der Waals surface area contributed by atoms with Crippen LogP contribution in [0.25, 0.3) is 5.65 Å². The van der Waals surface area contributed by atoms with E-state index in [4.69, 9.17) is 11.6 Å². The molecule has 0 aliphatic rings. The van der Waals surface area contributed by atoms with E-state index in [0.29, 0.717) is 0 Å². The third-order valence-corrected chi connectivity index (χ3v) is 3.79. The zero-order chi connectivity index (χ0) is 15.0. The molecule has 0 saturated heterocycles. The van der Waals surface area contributed by atoms with Crippen LogP contribution in [0.5, 0.6) is 0 Å². The number of nitrogens with one attached hydrogen (secondary N) is 1. The maximum absolute atomic E-state index is 6.02. The lowest BCUT2D eigenvalue weighted by Crippen LogP contribution is -2.11. The number of anilines is 1. The summed E-state index contributed by atoms with van der Waals surface area (Å²) < 4.78 is 1.89. The Kier molecular flexibility index (Phi) is 3.55. The summed E-state index contributed by atoms with van der Waals surface area (Å²) in [5.41, 5.74) is 5.05. The monoisotopic (exact) mass is 300 g/mol. The van der Waals surface area contributed by atoms with Gasteiger partial charge < -0.3 is 5.32 Å². The minimum absolute atomic E-state index is 0.116. The molecule has 0 fully saturated rings. The van der Waals surface area contributed by atoms with Crippen LogP contribution in [-0.2, 0) is 0 Å². The maximum atomic E-state index is 6.02. The largest absolute Gasteiger partial charge is 0.378 e. The van der Waals surface area contributed by atoms with Crippen LogP contribution in [0.1, 0.15) is 29.9 Å². The van der Waals surface area contributed by atoms with Crippen LogP contribution in [0.4, 0.5) is 5.69 Å². The molecule has 1 unspecified atom stereocenters. The Morgan fingerprint density at radius 2 is 2.05 bits per heavy atom. The smallest absolute Gasteiger partial charge is 0.155 e. The van der Waals surface area contributed by atoms with Gasteiger partial charge in [0.15, 0.2) is 5.65 Å². The lowest BCUT2D eigenvalue weighted by atomic mass is 10.1. The zero-order valence-corrected chi connectivity index (χ0v) is 13.0. The maximum Gasteiger partial charge on any atom is 0.155 e. The minimum atomic E-state index is 0.116. The van der Waals surface area contributed by atoms with Gasteiger partial charge in [-0.3, -0.25) is 0 Å². The van der Waals surface area contributed by atoms with Gasteiger partial charge in [0.2, 0.25) is 0 Å². The van der Waals surface area contributed by atoms with Crippen molar-refractivity contribution in [3.63, 3.8) is 0 Å². The second kappa shape index (κ2) is 5.37. The quantitative estimate of drug-likeness (QED) is 0.789. The molecule has 1 aromatic carbocycles. The highest BCUT2D eigenvalue weighted by molar-refractivity contribution is 6.30. The number of rotatable bonds is 3. The second-order valence-electron chi connectivity index (χ2n) is 5.23. The van der Waals surface area contributed by atoms with E-state index in [2.05, 4.69) is 29.2 Å². The molecule has 0 radical (unpaired) electrons. The van der Waals surface area contributed by atoms with E-state index in [1.807, 2.05) is 48.0 Å². The lowest BCUT2D eigenvalue weighted by Gasteiger charge is -2.18. The van der Waals surface area contributed by atoms with Gasteiger partial charge in [-0.05, 0) is 39.0 Å². The number of benzene rings is 1. The van der Waals surface area contributed by atoms with Crippen molar-refractivity contribution in [2.24, 2.45) is 0 Å². The van der Waals surface area contributed by atoms with Crippen molar-refractivity contribution in [3.8, 4) is 0 Å². The Morgan fingerprint density at radius 3 is 2.81 bits per heavy atom. The van der Waals surface area contributed by atoms with Gasteiger partial charge in [0.05, 0.1) is 11.7 Å². The molecular weight excluding hydrogens is 284 g/mol. The zero-order valence-electron chi connectivity index (χ0n) is 12.3. The van der Waals surface area contributed by atoms with E-state index in [-0.39, 0.29) is 6.04 Å². The molecule has 3 rings (SSSR count). The van der Waals surface area contributed by atoms with Crippen LogP contribution >= 0.6 is 11.6 Å². The number of aromatic nitrogens is 3. The fourth-order valence-corrected chi connectivity index (χ4v) is 2.70. The summed E-state index contributed by atoms with van der Waals surface area (Å²) in [6.45, 7) is 6.14. The second-order valence-corrected chi connectivity index (χ2v) is 5.67. The summed E-state index contributed by atoms with van der Waals surface area (Å²) in [5, 5.41) is 8.65. The highest BCUT2D eigenvalue weighted by Gasteiger charge is 2.13. The van der Waals surface area contributed by atoms with Crippen LogP contribution in [0.3, 0.4) is 0 Å². The van der Waals surface area contributed by atoms with Crippen molar-refractivity contribution in [1.82, 2.24) is 14.6 Å². The molecule has 108 valence electrons. The van der Waals surface area contributed by atoms with Gasteiger partial charge in [-0.1, -0.05) is 17.7 Å². The summed E-state index contributed by atoms with van der Waals surface area (Å²) in [6.07, 6.45) is 1.91. The average Bonchev–Trinajstić information content (AvgIpc) is 2.80. The molecule has 1 N–H and O–H groups in total. The Labute approximate surface area is 128 Å². The van der Waals surface area contributed by atoms with Gasteiger partial charge in [0, 0.05) is 34.2 Å². The molecule has 4 nitrogen and oxygen atoms in total. The molecular formula is C16H17ClN4. The van der Waals surface area contributed by atoms with Crippen LogP contribution in [0.15, 0.2) is 36.5 Å². The summed E-state index contributed by atoms with van der Waals surface area (Å²) in [7, 11) is 0. The number of nitrogens with zero attached hydrogens (tertiary/aromatic N) is 3. The number of halogens is 1. The normalized spacial score (nSPS) is 12.6. The van der Waals surface area contributed by atoms with E-state index in [1.54, 1.807) is 0 Å². The topological polar surface area (TPSA) is 42.2 Å². The first-order valence-corrected chi connectivity index (χ1v) is 7.26. The fourth-order valence-electron chi connectivity index (χ4n) is 2.51. The van der Waals surface area contributed by atoms with E-state index >= 15 is 0 Å². The van der Waals surface area contributed by atoms with Gasteiger partial charge in [-0.2, -0.15) is 5.10 Å². The highest BCUT2D eigenvalue weighted by Crippen LogP contribution is 2.24. The van der Waals surface area contributed by atoms with Crippen LogP contribution in [-0.4, -0.2) is 14.6 Å². The van der Waals surface area contributed by atoms with Crippen LogP contribution < -0.4 is 5.32 Å². The lowest BCUT2D eigenvalue weighted by molar-refractivity contribution is 0.798. The molecule has 0 spiro atoms. The minimum Gasteiger partial charge on any atom is -0.378 e. The third kappa shape index (κ3) is 2.72. The first-order chi connectivity index (χ1) is 10.0. The molecule has 5 heteroatoms. The van der Waals surface area contributed by atoms with E-state index < -0.39 is 0 Å². The molecule has 3 aromatic rings.